The summed E-state index contributed by atoms with van der Waals surface area (Å²) >= 11 is 0. The van der Waals surface area contributed by atoms with Gasteiger partial charge >= 0.3 is 0 Å². The van der Waals surface area contributed by atoms with Gasteiger partial charge < -0.3 is 4.74 Å². The van der Waals surface area contributed by atoms with Crippen LogP contribution in [0.25, 0.3) is 0 Å². The van der Waals surface area contributed by atoms with Crippen molar-refractivity contribution in [1.29, 1.82) is 5.26 Å². The van der Waals surface area contributed by atoms with Crippen LogP contribution >= 0.6 is 0 Å². The molecule has 2 aromatic rings. The Morgan fingerprint density at radius 2 is 1.64 bits per heavy atom. The maximum Gasteiger partial charge on any atom is 0.264 e. The first kappa shape index (κ1) is 18.5. The molecule has 2 rings (SSSR count). The molecule has 0 heterocycles. The Hall–Kier alpha value is -2.85. The maximum absolute atomic E-state index is 12.6. The number of hydrogen-bond donors (Lipinski definition) is 1. The fraction of sp³-hybridized carbons (Fsp3) is 0.222. The number of carbonyl (C=O) groups is 1. The van der Waals surface area contributed by atoms with Crippen LogP contribution in [-0.2, 0) is 20.2 Å². The molecule has 1 amide bonds. The molecule has 0 saturated heterocycles. The van der Waals surface area contributed by atoms with Crippen LogP contribution in [0.3, 0.4) is 0 Å². The zero-order valence-electron chi connectivity index (χ0n) is 14.1. The van der Waals surface area contributed by atoms with Crippen molar-refractivity contribution in [3.05, 3.63) is 59.7 Å². The minimum Gasteiger partial charge on any atom is -0.497 e. The summed E-state index contributed by atoms with van der Waals surface area (Å²) in [6.45, 7) is 3.27. The van der Waals surface area contributed by atoms with Gasteiger partial charge in [-0.1, -0.05) is 12.1 Å². The van der Waals surface area contributed by atoms with E-state index in [1.54, 1.807) is 38.1 Å². The standard InChI is InChI=1S/C18H18N2O4S/c1-18(2,14-6-8-15(24-3)9-7-14)17(21)20-25(22,23)16-10-4-13(12-19)5-11-16/h4-11H,1-3H3,(H,20,21). The molecular formula is C18H18N2O4S. The van der Waals surface area contributed by atoms with Gasteiger partial charge in [0.15, 0.2) is 0 Å². The molecule has 25 heavy (non-hydrogen) atoms. The van der Waals surface area contributed by atoms with Gasteiger partial charge in [0.05, 0.1) is 29.1 Å². The van der Waals surface area contributed by atoms with Crippen molar-refractivity contribution in [3.63, 3.8) is 0 Å². The van der Waals surface area contributed by atoms with Crippen LogP contribution in [0.15, 0.2) is 53.4 Å². The maximum atomic E-state index is 12.6. The van der Waals surface area contributed by atoms with Crippen molar-refractivity contribution < 1.29 is 17.9 Å². The number of carbonyl (C=O) groups excluding carboxylic acids is 1. The highest BCUT2D eigenvalue weighted by atomic mass is 32.2. The molecule has 130 valence electrons. The van der Waals surface area contributed by atoms with Gasteiger partial charge in [0.1, 0.15) is 5.75 Å². The molecule has 0 spiro atoms. The SMILES string of the molecule is COc1ccc(C(C)(C)C(=O)NS(=O)(=O)c2ccc(C#N)cc2)cc1. The summed E-state index contributed by atoms with van der Waals surface area (Å²) in [5.41, 5.74) is -0.0731. The molecule has 7 heteroatoms. The second-order valence-electron chi connectivity index (χ2n) is 5.92. The van der Waals surface area contributed by atoms with Crippen LogP contribution in [0.4, 0.5) is 0 Å². The molecule has 0 fully saturated rings. The van der Waals surface area contributed by atoms with Gasteiger partial charge in [-0.05, 0) is 55.8 Å². The molecule has 0 saturated carbocycles. The van der Waals surface area contributed by atoms with Gasteiger partial charge in [0.25, 0.3) is 10.0 Å². The summed E-state index contributed by atoms with van der Waals surface area (Å²) in [6, 6.07) is 14.1. The second-order valence-corrected chi connectivity index (χ2v) is 7.61. The first-order valence-corrected chi connectivity index (χ1v) is 8.91. The van der Waals surface area contributed by atoms with Crippen molar-refractivity contribution >= 4 is 15.9 Å². The third kappa shape index (κ3) is 3.98. The van der Waals surface area contributed by atoms with Gasteiger partial charge in [-0.25, -0.2) is 13.1 Å². The van der Waals surface area contributed by atoms with Crippen LogP contribution in [0, 0.1) is 11.3 Å². The van der Waals surface area contributed by atoms with Gasteiger partial charge in [-0.3, -0.25) is 4.79 Å². The Balaban J connectivity index is 2.24. The molecule has 0 aromatic heterocycles. The number of amides is 1. The van der Waals surface area contributed by atoms with Crippen molar-refractivity contribution in [2.45, 2.75) is 24.2 Å². The fourth-order valence-electron chi connectivity index (χ4n) is 2.16. The average molecular weight is 358 g/mol. The quantitative estimate of drug-likeness (QED) is 0.885. The molecule has 1 N–H and O–H groups in total. The lowest BCUT2D eigenvalue weighted by Crippen LogP contribution is -2.43. The van der Waals surface area contributed by atoms with E-state index in [9.17, 15) is 13.2 Å². The van der Waals surface area contributed by atoms with E-state index >= 15 is 0 Å². The molecule has 0 aliphatic rings. The van der Waals surface area contributed by atoms with Crippen LogP contribution in [0.1, 0.15) is 25.0 Å². The predicted octanol–water partition coefficient (Wildman–Crippen LogP) is 2.35. The van der Waals surface area contributed by atoms with E-state index in [1.165, 1.54) is 31.4 Å². The lowest BCUT2D eigenvalue weighted by atomic mass is 9.84. The highest BCUT2D eigenvalue weighted by Crippen LogP contribution is 2.26. The zero-order valence-corrected chi connectivity index (χ0v) is 14.9. The van der Waals surface area contributed by atoms with E-state index < -0.39 is 21.3 Å². The molecule has 0 radical (unpaired) electrons. The zero-order chi connectivity index (χ0) is 18.7. The highest BCUT2D eigenvalue weighted by Gasteiger charge is 2.33. The molecule has 6 nitrogen and oxygen atoms in total. The number of nitriles is 1. The Bertz CT molecular complexity index is 909. The van der Waals surface area contributed by atoms with Gasteiger partial charge in [0.2, 0.25) is 5.91 Å². The number of methoxy groups -OCH3 is 1. The fourth-order valence-corrected chi connectivity index (χ4v) is 3.27. The second kappa shape index (κ2) is 6.95. The first-order chi connectivity index (χ1) is 11.7. The Labute approximate surface area is 147 Å². The van der Waals surface area contributed by atoms with Crippen LogP contribution in [0.2, 0.25) is 0 Å². The summed E-state index contributed by atoms with van der Waals surface area (Å²) in [5.74, 6) is -0.00723. The van der Waals surface area contributed by atoms with E-state index in [0.717, 1.165) is 0 Å². The lowest BCUT2D eigenvalue weighted by Gasteiger charge is -2.24. The van der Waals surface area contributed by atoms with E-state index in [-0.39, 0.29) is 4.90 Å². The predicted molar refractivity (Wildman–Crippen MR) is 92.5 cm³/mol. The van der Waals surface area contributed by atoms with Gasteiger partial charge in [-0.2, -0.15) is 5.26 Å². The Morgan fingerprint density at radius 1 is 1.08 bits per heavy atom. The van der Waals surface area contributed by atoms with Crippen molar-refractivity contribution in [2.75, 3.05) is 7.11 Å². The van der Waals surface area contributed by atoms with E-state index in [0.29, 0.717) is 16.9 Å². The highest BCUT2D eigenvalue weighted by molar-refractivity contribution is 7.90. The average Bonchev–Trinajstić information content (AvgIpc) is 2.61. The third-order valence-electron chi connectivity index (χ3n) is 3.90. The first-order valence-electron chi connectivity index (χ1n) is 7.42. The van der Waals surface area contributed by atoms with Crippen LogP contribution < -0.4 is 9.46 Å². The Morgan fingerprint density at radius 3 is 2.12 bits per heavy atom. The number of sulfonamides is 1. The van der Waals surface area contributed by atoms with Crippen LogP contribution in [-0.4, -0.2) is 21.4 Å². The van der Waals surface area contributed by atoms with Crippen LogP contribution in [0.5, 0.6) is 5.75 Å². The van der Waals surface area contributed by atoms with Gasteiger partial charge in [-0.15, -0.1) is 0 Å². The normalized spacial score (nSPS) is 11.4. The summed E-state index contributed by atoms with van der Waals surface area (Å²) in [6.07, 6.45) is 0. The number of hydrogen-bond acceptors (Lipinski definition) is 5. The largest absolute Gasteiger partial charge is 0.497 e. The summed E-state index contributed by atoms with van der Waals surface area (Å²) in [7, 11) is -2.48. The summed E-state index contributed by atoms with van der Waals surface area (Å²) in [4.78, 5) is 12.5. The molecule has 0 unspecified atom stereocenters. The van der Waals surface area contributed by atoms with Gasteiger partial charge in [0, 0.05) is 0 Å². The third-order valence-corrected chi connectivity index (χ3v) is 5.25. The monoisotopic (exact) mass is 358 g/mol. The van der Waals surface area contributed by atoms with Crippen molar-refractivity contribution in [1.82, 2.24) is 4.72 Å². The van der Waals surface area contributed by atoms with Crippen molar-refractivity contribution in [2.24, 2.45) is 0 Å². The molecular weight excluding hydrogens is 340 g/mol. The van der Waals surface area contributed by atoms with E-state index in [4.69, 9.17) is 10.00 Å². The van der Waals surface area contributed by atoms with Crippen molar-refractivity contribution in [3.8, 4) is 11.8 Å². The summed E-state index contributed by atoms with van der Waals surface area (Å²) in [5, 5.41) is 8.77. The molecule has 0 aliphatic heterocycles. The van der Waals surface area contributed by atoms with E-state index in [1.807, 2.05) is 6.07 Å². The number of benzene rings is 2. The molecule has 0 bridgehead atoms. The summed E-state index contributed by atoms with van der Waals surface area (Å²) < 4.78 is 31.9. The molecule has 2 aromatic carbocycles. The number of nitrogens with one attached hydrogen (secondary N) is 1. The minimum absolute atomic E-state index is 0.0784. The van der Waals surface area contributed by atoms with E-state index in [2.05, 4.69) is 4.72 Å². The minimum atomic E-state index is -4.02. The molecule has 0 atom stereocenters. The Kier molecular flexibility index (Phi) is 5.14. The lowest BCUT2D eigenvalue weighted by molar-refractivity contribution is -0.123. The molecule has 0 aliphatic carbocycles. The smallest absolute Gasteiger partial charge is 0.264 e. The topological polar surface area (TPSA) is 96.3 Å². The number of rotatable bonds is 5. The number of nitrogens with zero attached hydrogens (tertiary/aromatic N) is 1. The number of ether oxygens (including phenoxy) is 1.